The molecule has 1 unspecified atom stereocenters. The molecule has 0 bridgehead atoms. The number of aryl methyl sites for hydroxylation is 1. The van der Waals surface area contributed by atoms with Crippen molar-refractivity contribution in [3.8, 4) is 5.75 Å². The lowest BCUT2D eigenvalue weighted by Gasteiger charge is -2.21. The van der Waals surface area contributed by atoms with E-state index >= 15 is 0 Å². The lowest BCUT2D eigenvalue weighted by atomic mass is 10.2. The summed E-state index contributed by atoms with van der Waals surface area (Å²) in [5.41, 5.74) is 2.84. The minimum atomic E-state index is -3.52. The minimum absolute atomic E-state index is 0.145. The third-order valence-corrected chi connectivity index (χ3v) is 7.13. The number of carbonyl (C=O) groups excluding carboxylic acids is 1. The summed E-state index contributed by atoms with van der Waals surface area (Å²) in [6.07, 6.45) is 0.615. The van der Waals surface area contributed by atoms with Gasteiger partial charge in [0.05, 0.1) is 11.9 Å². The Morgan fingerprint density at radius 2 is 2.00 bits per heavy atom. The smallest absolute Gasteiger partial charge is 0.261 e. The molecule has 162 valence electrons. The Morgan fingerprint density at radius 3 is 2.70 bits per heavy atom. The molecule has 0 aromatic heterocycles. The van der Waals surface area contributed by atoms with Crippen LogP contribution in [0.4, 0.5) is 5.69 Å². The number of hydrogen-bond acceptors (Lipinski definition) is 5. The van der Waals surface area contributed by atoms with Gasteiger partial charge in [0.2, 0.25) is 10.0 Å². The molecule has 3 rings (SSSR count). The van der Waals surface area contributed by atoms with Crippen molar-refractivity contribution in [2.45, 2.75) is 25.2 Å². The maximum Gasteiger partial charge on any atom is 0.261 e. The Labute approximate surface area is 187 Å². The van der Waals surface area contributed by atoms with Gasteiger partial charge < -0.3 is 10.1 Å². The summed E-state index contributed by atoms with van der Waals surface area (Å²) < 4.78 is 31.5. The van der Waals surface area contributed by atoms with E-state index in [9.17, 15) is 13.2 Å². The lowest BCUT2D eigenvalue weighted by Crippen LogP contribution is -2.40. The second kappa shape index (κ2) is 9.94. The number of benzene rings is 2. The molecule has 0 saturated carbocycles. The number of sulfonamides is 1. The van der Waals surface area contributed by atoms with Crippen molar-refractivity contribution in [1.82, 2.24) is 5.32 Å². The minimum Gasteiger partial charge on any atom is -0.478 e. The van der Waals surface area contributed by atoms with Gasteiger partial charge in [-0.15, -0.1) is 0 Å². The molecular formula is C21H25ClN2O4S2. The van der Waals surface area contributed by atoms with Crippen LogP contribution >= 0.6 is 23.4 Å². The maximum atomic E-state index is 12.6. The van der Waals surface area contributed by atoms with E-state index in [4.69, 9.17) is 16.3 Å². The van der Waals surface area contributed by atoms with Gasteiger partial charge in [-0.25, -0.2) is 8.42 Å². The predicted molar refractivity (Wildman–Crippen MR) is 123 cm³/mol. The zero-order valence-corrected chi connectivity index (χ0v) is 19.3. The van der Waals surface area contributed by atoms with Crippen LogP contribution in [0, 0.1) is 6.92 Å². The quantitative estimate of drug-likeness (QED) is 0.628. The van der Waals surface area contributed by atoms with E-state index < -0.39 is 16.1 Å². The Morgan fingerprint density at radius 1 is 1.27 bits per heavy atom. The van der Waals surface area contributed by atoms with Crippen LogP contribution in [-0.2, 0) is 20.6 Å². The number of nitrogens with one attached hydrogen (secondary N) is 1. The van der Waals surface area contributed by atoms with Crippen LogP contribution in [0.5, 0.6) is 5.75 Å². The zero-order chi connectivity index (χ0) is 21.7. The number of ether oxygens (including phenoxy) is 1. The van der Waals surface area contributed by atoms with Crippen LogP contribution in [0.1, 0.15) is 17.5 Å². The van der Waals surface area contributed by atoms with Crippen molar-refractivity contribution in [1.29, 1.82) is 0 Å². The fourth-order valence-corrected chi connectivity index (χ4v) is 5.04. The molecule has 1 N–H and O–H groups in total. The van der Waals surface area contributed by atoms with E-state index in [0.29, 0.717) is 23.0 Å². The number of thioether (sulfide) groups is 1. The molecule has 2 aromatic carbocycles. The molecule has 2 aromatic rings. The Kier molecular flexibility index (Phi) is 7.55. The summed E-state index contributed by atoms with van der Waals surface area (Å²) >= 11 is 7.78. The third-order valence-electron chi connectivity index (χ3n) is 4.68. The number of hydrogen-bond donors (Lipinski definition) is 1. The highest BCUT2D eigenvalue weighted by Crippen LogP contribution is 2.36. The fourth-order valence-electron chi connectivity index (χ4n) is 3.12. The van der Waals surface area contributed by atoms with Crippen LogP contribution in [-0.4, -0.2) is 45.5 Å². The second-order valence-electron chi connectivity index (χ2n) is 7.17. The topological polar surface area (TPSA) is 75.7 Å². The molecule has 6 nitrogen and oxygen atoms in total. The predicted octanol–water partition coefficient (Wildman–Crippen LogP) is 3.62. The Hall–Kier alpha value is -1.90. The van der Waals surface area contributed by atoms with Gasteiger partial charge in [-0.3, -0.25) is 9.10 Å². The van der Waals surface area contributed by atoms with Gasteiger partial charge in [-0.05, 0) is 30.7 Å². The molecule has 1 atom stereocenters. The van der Waals surface area contributed by atoms with Gasteiger partial charge in [-0.1, -0.05) is 41.4 Å². The highest BCUT2D eigenvalue weighted by molar-refractivity contribution is 7.98. The molecule has 30 heavy (non-hydrogen) atoms. The summed E-state index contributed by atoms with van der Waals surface area (Å²) in [6.45, 7) is 2.72. The number of fused-ring (bicyclic) bond motifs is 1. The summed E-state index contributed by atoms with van der Waals surface area (Å²) in [4.78, 5) is 12.6. The van der Waals surface area contributed by atoms with Gasteiger partial charge in [0.25, 0.3) is 5.91 Å². The van der Waals surface area contributed by atoms with Gasteiger partial charge in [0.15, 0.2) is 6.10 Å². The first-order chi connectivity index (χ1) is 14.2. The van der Waals surface area contributed by atoms with E-state index in [0.717, 1.165) is 17.8 Å². The molecule has 9 heteroatoms. The van der Waals surface area contributed by atoms with Gasteiger partial charge in [0.1, 0.15) is 5.75 Å². The van der Waals surface area contributed by atoms with Crippen molar-refractivity contribution < 1.29 is 17.9 Å². The Bertz CT molecular complexity index is 997. The van der Waals surface area contributed by atoms with Gasteiger partial charge in [-0.2, -0.15) is 11.8 Å². The van der Waals surface area contributed by atoms with Crippen LogP contribution in [0.25, 0.3) is 0 Å². The van der Waals surface area contributed by atoms with Crippen LogP contribution in [0.2, 0.25) is 5.02 Å². The molecule has 0 radical (unpaired) electrons. The SMILES string of the molecule is Cc1ccc(CSCCNC(=O)C2CCN(S(C)(=O)=O)c3cc(Cl)ccc3O2)cc1. The van der Waals surface area contributed by atoms with E-state index in [2.05, 4.69) is 36.5 Å². The molecule has 1 heterocycles. The van der Waals surface area contributed by atoms with E-state index in [-0.39, 0.29) is 18.9 Å². The number of rotatable bonds is 7. The van der Waals surface area contributed by atoms with Crippen molar-refractivity contribution in [3.05, 3.63) is 58.6 Å². The molecule has 1 aliphatic heterocycles. The summed E-state index contributed by atoms with van der Waals surface area (Å²) in [5.74, 6) is 1.74. The van der Waals surface area contributed by atoms with Crippen LogP contribution in [0.15, 0.2) is 42.5 Å². The highest BCUT2D eigenvalue weighted by atomic mass is 35.5. The largest absolute Gasteiger partial charge is 0.478 e. The van der Waals surface area contributed by atoms with E-state index in [1.165, 1.54) is 15.4 Å². The molecule has 1 aliphatic rings. The van der Waals surface area contributed by atoms with E-state index in [1.807, 2.05) is 0 Å². The number of halogens is 1. The van der Waals surface area contributed by atoms with Gasteiger partial charge >= 0.3 is 0 Å². The number of carbonyl (C=O) groups is 1. The highest BCUT2D eigenvalue weighted by Gasteiger charge is 2.31. The lowest BCUT2D eigenvalue weighted by molar-refractivity contribution is -0.127. The summed E-state index contributed by atoms with van der Waals surface area (Å²) in [7, 11) is -3.52. The van der Waals surface area contributed by atoms with E-state index in [1.54, 1.807) is 30.0 Å². The summed E-state index contributed by atoms with van der Waals surface area (Å²) in [6, 6.07) is 13.1. The molecular weight excluding hydrogens is 444 g/mol. The number of amides is 1. The fraction of sp³-hybridized carbons (Fsp3) is 0.381. The van der Waals surface area contributed by atoms with Crippen LogP contribution < -0.4 is 14.4 Å². The Balaban J connectivity index is 1.55. The molecule has 0 fully saturated rings. The molecule has 0 saturated heterocycles. The zero-order valence-electron chi connectivity index (χ0n) is 16.9. The first-order valence-electron chi connectivity index (χ1n) is 9.59. The summed E-state index contributed by atoms with van der Waals surface area (Å²) in [5, 5.41) is 3.29. The standard InChI is InChI=1S/C21H25ClN2O4S2/c1-15-3-5-16(6-4-15)14-29-12-10-23-21(25)20-9-11-24(30(2,26)27)18-13-17(22)7-8-19(18)28-20/h3-8,13,20H,9-12,14H2,1-2H3,(H,23,25). The van der Waals surface area contributed by atoms with Crippen molar-refractivity contribution >= 4 is 45.0 Å². The molecule has 1 amide bonds. The molecule has 0 spiro atoms. The number of nitrogens with zero attached hydrogens (tertiary/aromatic N) is 1. The normalized spacial score (nSPS) is 16.4. The maximum absolute atomic E-state index is 12.6. The average molecular weight is 469 g/mol. The number of anilines is 1. The van der Waals surface area contributed by atoms with Crippen LogP contribution in [0.3, 0.4) is 0 Å². The van der Waals surface area contributed by atoms with Gasteiger partial charge in [0, 0.05) is 36.0 Å². The second-order valence-corrected chi connectivity index (χ2v) is 10.6. The average Bonchev–Trinajstić information content (AvgIpc) is 2.88. The molecule has 0 aliphatic carbocycles. The first kappa shape index (κ1) is 22.8. The third kappa shape index (κ3) is 6.06. The van der Waals surface area contributed by atoms with Crippen molar-refractivity contribution in [2.24, 2.45) is 0 Å². The first-order valence-corrected chi connectivity index (χ1v) is 13.0. The monoisotopic (exact) mass is 468 g/mol. The van der Waals surface area contributed by atoms with Crippen molar-refractivity contribution in [2.75, 3.05) is 29.4 Å². The van der Waals surface area contributed by atoms with Crippen molar-refractivity contribution in [3.63, 3.8) is 0 Å².